The zero-order chi connectivity index (χ0) is 47.7. The number of guanidine groups is 1. The second-order valence-corrected chi connectivity index (χ2v) is 15.2. The van der Waals surface area contributed by atoms with E-state index in [0.717, 1.165) is 0 Å². The molecule has 0 fully saturated rings. The maximum absolute atomic E-state index is 13.6. The Morgan fingerprint density at radius 2 is 1.27 bits per heavy atom. The van der Waals surface area contributed by atoms with E-state index in [2.05, 4.69) is 36.9 Å². The topological polar surface area (TPSA) is 359 Å². The molecule has 0 spiro atoms. The highest BCUT2D eigenvalue weighted by molar-refractivity contribution is 5.98. The van der Waals surface area contributed by atoms with Gasteiger partial charge in [0.15, 0.2) is 11.7 Å². The molecule has 0 aliphatic heterocycles. The van der Waals surface area contributed by atoms with Gasteiger partial charge in [-0.3, -0.25) is 38.6 Å². The number of nitrogens with one attached hydrogen (secondary N) is 6. The average Bonchev–Trinajstić information content (AvgIpc) is 3.72. The van der Waals surface area contributed by atoms with E-state index < -0.39 is 90.2 Å². The molecule has 21 nitrogen and oxygen atoms in total. The zero-order valence-electron chi connectivity index (χ0n) is 35.9. The number of rotatable bonds is 26. The Kier molecular flexibility index (Phi) is 25.8. The minimum absolute atomic E-state index is 0.0141. The van der Waals surface area contributed by atoms with Crippen molar-refractivity contribution in [1.82, 2.24) is 31.9 Å². The van der Waals surface area contributed by atoms with Gasteiger partial charge in [0, 0.05) is 6.54 Å². The van der Waals surface area contributed by atoms with Crippen molar-refractivity contribution in [3.8, 4) is 0 Å². The van der Waals surface area contributed by atoms with Crippen LogP contribution in [-0.2, 0) is 33.6 Å². The first-order valence-electron chi connectivity index (χ1n) is 20.0. The predicted octanol–water partition coefficient (Wildman–Crippen LogP) is -0.517. The van der Waals surface area contributed by atoms with Crippen molar-refractivity contribution in [2.45, 2.75) is 123 Å². The summed E-state index contributed by atoms with van der Waals surface area (Å²) in [4.78, 5) is 104. The van der Waals surface area contributed by atoms with E-state index in [1.165, 1.54) is 12.3 Å². The van der Waals surface area contributed by atoms with Crippen molar-refractivity contribution in [2.75, 3.05) is 19.6 Å². The minimum Gasteiger partial charge on any atom is -0.475 e. The van der Waals surface area contributed by atoms with Gasteiger partial charge in [-0.25, -0.2) is 4.79 Å². The number of aliphatic imine (C=N–C) groups is 1. The summed E-state index contributed by atoms with van der Waals surface area (Å²) in [5, 5.41) is 22.9. The lowest BCUT2D eigenvalue weighted by atomic mass is 9.96. The Labute approximate surface area is 358 Å². The number of alkyl halides is 3. The standard InChI is InChI=1S/C36H63N11O8.C2HF3O2/c1-7-22(6)29(47-33(52)26(18-21(4)5)46-34(53)27-13-10-16-55-27)35(54)42-19-28(48)43-24(12-9-15-41-36(39)40)31(50)45-25(17-20(2)3)32(51)44-23(30(38)49)11-8-14-37;3-2(4,5)1(6)7/h10,13,16,20-26,29H,7-9,11-12,14-15,17-19,37H2,1-6H3,(H2,38,49)(H,42,54)(H,43,48)(H,44,51)(H,45,50)(H,46,53)(H,47,52)(H4,39,40,41);(H,6,7). The molecule has 0 aliphatic rings. The molecule has 24 heteroatoms. The van der Waals surface area contributed by atoms with Gasteiger partial charge < -0.3 is 64.4 Å². The Balaban J connectivity index is 0.00000486. The van der Waals surface area contributed by atoms with E-state index in [1.807, 2.05) is 34.6 Å². The van der Waals surface area contributed by atoms with Crippen molar-refractivity contribution >= 4 is 53.3 Å². The van der Waals surface area contributed by atoms with Crippen LogP contribution in [0.5, 0.6) is 0 Å². The van der Waals surface area contributed by atoms with Crippen LogP contribution < -0.4 is 54.8 Å². The Morgan fingerprint density at radius 1 is 0.758 bits per heavy atom. The molecule has 1 aromatic heterocycles. The molecule has 6 atom stereocenters. The Bertz CT molecular complexity index is 1640. The lowest BCUT2D eigenvalue weighted by Gasteiger charge is -2.27. The molecule has 0 aromatic carbocycles. The number of carboxylic acid groups (broad SMARTS) is 1. The van der Waals surface area contributed by atoms with Gasteiger partial charge in [0.05, 0.1) is 12.8 Å². The number of halogens is 3. The second kappa shape index (κ2) is 28.6. The summed E-state index contributed by atoms with van der Waals surface area (Å²) < 4.78 is 36.9. The summed E-state index contributed by atoms with van der Waals surface area (Å²) in [6, 6.07) is -2.28. The van der Waals surface area contributed by atoms with Crippen molar-refractivity contribution in [1.29, 1.82) is 0 Å². The molecule has 0 radical (unpaired) electrons. The summed E-state index contributed by atoms with van der Waals surface area (Å²) in [6.45, 7) is 10.9. The lowest BCUT2D eigenvalue weighted by Crippen LogP contribution is -2.58. The maximum atomic E-state index is 13.6. The first-order valence-corrected chi connectivity index (χ1v) is 20.0. The smallest absolute Gasteiger partial charge is 0.475 e. The second-order valence-electron chi connectivity index (χ2n) is 15.2. The third-order valence-electron chi connectivity index (χ3n) is 8.83. The molecule has 0 saturated heterocycles. The molecule has 62 heavy (non-hydrogen) atoms. The molecule has 0 bridgehead atoms. The van der Waals surface area contributed by atoms with Crippen LogP contribution in [0, 0.1) is 17.8 Å². The number of nitrogens with zero attached hydrogens (tertiary/aromatic N) is 1. The Hall–Kier alpha value is -5.94. The third-order valence-corrected chi connectivity index (χ3v) is 8.83. The largest absolute Gasteiger partial charge is 0.490 e. The van der Waals surface area contributed by atoms with Crippen LogP contribution in [0.1, 0.15) is 97.0 Å². The van der Waals surface area contributed by atoms with Crippen molar-refractivity contribution in [3.63, 3.8) is 0 Å². The number of hydrogen-bond acceptors (Lipinski definition) is 11. The molecule has 1 rings (SSSR count). The van der Waals surface area contributed by atoms with Gasteiger partial charge in [0.2, 0.25) is 35.4 Å². The number of carbonyl (C=O) groups excluding carboxylic acids is 7. The summed E-state index contributed by atoms with van der Waals surface area (Å²) in [7, 11) is 0. The van der Waals surface area contributed by atoms with Crippen LogP contribution in [0.15, 0.2) is 27.8 Å². The van der Waals surface area contributed by atoms with Crippen molar-refractivity contribution < 1.29 is 61.1 Å². The van der Waals surface area contributed by atoms with E-state index in [1.54, 1.807) is 13.0 Å². The highest BCUT2D eigenvalue weighted by atomic mass is 19.4. The monoisotopic (exact) mass is 891 g/mol. The summed E-state index contributed by atoms with van der Waals surface area (Å²) in [5.41, 5.74) is 21.9. The van der Waals surface area contributed by atoms with Crippen LogP contribution in [0.4, 0.5) is 13.2 Å². The summed E-state index contributed by atoms with van der Waals surface area (Å²) in [5.74, 6) is -7.91. The maximum Gasteiger partial charge on any atom is 0.490 e. The van der Waals surface area contributed by atoms with Crippen LogP contribution in [0.3, 0.4) is 0 Å². The summed E-state index contributed by atoms with van der Waals surface area (Å²) in [6.07, 6.45) is -1.78. The molecule has 0 saturated carbocycles. The fourth-order valence-corrected chi connectivity index (χ4v) is 5.45. The van der Waals surface area contributed by atoms with E-state index in [9.17, 15) is 46.7 Å². The molecular formula is C38H64F3N11O10. The fraction of sp³-hybridized carbons (Fsp3) is 0.658. The normalized spacial score (nSPS) is 14.0. The number of carbonyl (C=O) groups is 8. The van der Waals surface area contributed by atoms with Gasteiger partial charge in [-0.2, -0.15) is 13.2 Å². The molecule has 15 N–H and O–H groups in total. The molecule has 0 aliphatic carbocycles. The van der Waals surface area contributed by atoms with E-state index in [0.29, 0.717) is 12.8 Å². The number of furan rings is 1. The highest BCUT2D eigenvalue weighted by Gasteiger charge is 2.38. The van der Waals surface area contributed by atoms with Crippen LogP contribution in [-0.4, -0.2) is 114 Å². The van der Waals surface area contributed by atoms with Gasteiger partial charge in [-0.15, -0.1) is 0 Å². The number of amides is 7. The molecule has 1 heterocycles. The van der Waals surface area contributed by atoms with Gasteiger partial charge in [-0.1, -0.05) is 48.0 Å². The first kappa shape index (κ1) is 56.1. The van der Waals surface area contributed by atoms with Crippen molar-refractivity contribution in [3.05, 3.63) is 24.2 Å². The summed E-state index contributed by atoms with van der Waals surface area (Å²) >= 11 is 0. The van der Waals surface area contributed by atoms with Gasteiger partial charge >= 0.3 is 12.1 Å². The van der Waals surface area contributed by atoms with E-state index >= 15 is 0 Å². The van der Waals surface area contributed by atoms with Gasteiger partial charge in [-0.05, 0) is 75.0 Å². The fourth-order valence-electron chi connectivity index (χ4n) is 5.45. The van der Waals surface area contributed by atoms with Gasteiger partial charge in [0.1, 0.15) is 30.2 Å². The Morgan fingerprint density at radius 3 is 1.74 bits per heavy atom. The molecule has 7 amide bonds. The average molecular weight is 892 g/mol. The van der Waals surface area contributed by atoms with Crippen LogP contribution in [0.25, 0.3) is 0 Å². The minimum atomic E-state index is -5.08. The van der Waals surface area contributed by atoms with Crippen LogP contribution >= 0.6 is 0 Å². The molecular weight excluding hydrogens is 827 g/mol. The number of hydrogen-bond donors (Lipinski definition) is 11. The highest BCUT2D eigenvalue weighted by Crippen LogP contribution is 2.14. The number of nitrogens with two attached hydrogens (primary N) is 4. The lowest BCUT2D eigenvalue weighted by molar-refractivity contribution is -0.192. The number of aliphatic carboxylic acids is 1. The third kappa shape index (κ3) is 23.2. The van der Waals surface area contributed by atoms with E-state index in [-0.39, 0.29) is 74.7 Å². The molecule has 6 unspecified atom stereocenters. The SMILES string of the molecule is CCC(C)C(NC(=O)C(CC(C)C)NC(=O)c1ccco1)C(=O)NCC(=O)NC(CCCN=C(N)N)C(=O)NC(CC(C)C)C(=O)NC(CCCN)C(N)=O.O=C(O)C(F)(F)F. The van der Waals surface area contributed by atoms with Crippen LogP contribution in [0.2, 0.25) is 0 Å². The number of primary amides is 1. The van der Waals surface area contributed by atoms with Gasteiger partial charge in [0.25, 0.3) is 5.91 Å². The first-order chi connectivity index (χ1) is 28.8. The molecule has 352 valence electrons. The number of carboxylic acids is 1. The zero-order valence-corrected chi connectivity index (χ0v) is 35.9. The van der Waals surface area contributed by atoms with Crippen molar-refractivity contribution in [2.24, 2.45) is 45.7 Å². The molecule has 1 aromatic rings. The predicted molar refractivity (Wildman–Crippen MR) is 220 cm³/mol. The van der Waals surface area contributed by atoms with E-state index in [4.69, 9.17) is 37.3 Å². The quantitative estimate of drug-likeness (QED) is 0.0317.